The Labute approximate surface area is 257 Å². The van der Waals surface area contributed by atoms with Gasteiger partial charge in [-0.25, -0.2) is 0 Å². The van der Waals surface area contributed by atoms with Gasteiger partial charge >= 0.3 is 0 Å². The van der Waals surface area contributed by atoms with Gasteiger partial charge in [-0.3, -0.25) is 4.90 Å². The van der Waals surface area contributed by atoms with Crippen LogP contribution < -0.4 is 21.3 Å². The van der Waals surface area contributed by atoms with Crippen molar-refractivity contribution in [3.63, 3.8) is 0 Å². The molecule has 0 fully saturated rings. The van der Waals surface area contributed by atoms with E-state index in [4.69, 9.17) is 4.42 Å². The number of nitrogens with zero attached hydrogens (tertiary/aromatic N) is 1. The van der Waals surface area contributed by atoms with Crippen molar-refractivity contribution in [1.82, 2.24) is 0 Å². The summed E-state index contributed by atoms with van der Waals surface area (Å²) < 4.78 is 7.22. The minimum Gasteiger partial charge on any atom is -0.440 e. The second-order valence-electron chi connectivity index (χ2n) is 15.9. The fourth-order valence-electron chi connectivity index (χ4n) is 8.17. The molecule has 43 heavy (non-hydrogen) atoms. The van der Waals surface area contributed by atoms with E-state index in [0.717, 1.165) is 24.3 Å². The maximum atomic E-state index is 7.22. The molecule has 3 heterocycles. The number of rotatable bonds is 1. The van der Waals surface area contributed by atoms with Crippen LogP contribution >= 0.6 is 0 Å². The van der Waals surface area contributed by atoms with Crippen molar-refractivity contribution >= 4 is 51.3 Å². The predicted octanol–water partition coefficient (Wildman–Crippen LogP) is 8.37. The topological polar surface area (TPSA) is 16.4 Å². The third-order valence-electron chi connectivity index (χ3n) is 10.6. The third-order valence-corrected chi connectivity index (χ3v) is 10.6. The monoisotopic (exact) mass is 563 g/mol. The molecule has 0 radical (unpaired) electrons. The maximum absolute atomic E-state index is 7.22. The highest BCUT2D eigenvalue weighted by Gasteiger charge is 2.49. The Morgan fingerprint density at radius 1 is 0.767 bits per heavy atom. The van der Waals surface area contributed by atoms with Crippen LogP contribution in [-0.2, 0) is 29.1 Å². The van der Waals surface area contributed by atoms with Crippen molar-refractivity contribution in [1.29, 1.82) is 0 Å². The Morgan fingerprint density at radius 3 is 2.23 bits per heavy atom. The van der Waals surface area contributed by atoms with E-state index in [2.05, 4.69) is 134 Å². The Morgan fingerprint density at radius 2 is 1.53 bits per heavy atom. The molecule has 2 nitrogen and oxygen atoms in total. The summed E-state index contributed by atoms with van der Waals surface area (Å²) in [6.07, 6.45) is 2.27. The van der Waals surface area contributed by atoms with Gasteiger partial charge in [0.15, 0.2) is 0 Å². The van der Waals surface area contributed by atoms with Gasteiger partial charge in [0.1, 0.15) is 5.58 Å². The second-order valence-corrected chi connectivity index (χ2v) is 15.9. The zero-order chi connectivity index (χ0) is 30.2. The molecule has 1 aliphatic carbocycles. The van der Waals surface area contributed by atoms with Gasteiger partial charge in [-0.15, -0.1) is 0 Å². The summed E-state index contributed by atoms with van der Waals surface area (Å²) in [7, 11) is 0. The SMILES string of the molecule is Cc1cc2c3c(c1)C(C)(C)c1ccc(C(C)(C)C)cc1B3c1c(oc3c(C(C)(C)C)cccc13)N2c1cccc2c1CC2. The molecule has 1 aromatic heterocycles. The van der Waals surface area contributed by atoms with Gasteiger partial charge in [0.25, 0.3) is 6.71 Å². The summed E-state index contributed by atoms with van der Waals surface area (Å²) in [5, 5.41) is 1.25. The number of aryl methyl sites for hydroxylation is 2. The van der Waals surface area contributed by atoms with Crippen molar-refractivity contribution in [3.05, 3.63) is 106 Å². The van der Waals surface area contributed by atoms with Crippen LogP contribution in [-0.4, -0.2) is 6.71 Å². The molecule has 0 saturated carbocycles. The van der Waals surface area contributed by atoms with Gasteiger partial charge in [-0.05, 0) is 81.6 Å². The lowest BCUT2D eigenvalue weighted by atomic mass is 9.30. The molecule has 0 bridgehead atoms. The van der Waals surface area contributed by atoms with E-state index in [1.165, 1.54) is 72.1 Å². The number of furan rings is 1. The number of fused-ring (bicyclic) bond motifs is 7. The highest BCUT2D eigenvalue weighted by Crippen LogP contribution is 2.48. The first-order valence-electron chi connectivity index (χ1n) is 16.0. The number of hydrogen-bond donors (Lipinski definition) is 0. The van der Waals surface area contributed by atoms with E-state index < -0.39 is 0 Å². The molecule has 2 aliphatic heterocycles. The Kier molecular flexibility index (Phi) is 5.29. The fraction of sp³-hybridized carbons (Fsp3) is 0.350. The number of anilines is 3. The first-order chi connectivity index (χ1) is 20.3. The Hall–Kier alpha value is -3.72. The Balaban J connectivity index is 1.55. The van der Waals surface area contributed by atoms with E-state index in [0.29, 0.717) is 0 Å². The lowest BCUT2D eigenvalue weighted by Gasteiger charge is -2.45. The molecule has 0 spiro atoms. The van der Waals surface area contributed by atoms with Crippen molar-refractivity contribution in [2.45, 2.75) is 91.4 Å². The standard InChI is InChI=1S/C40H42BNO/c1-23-20-30-35-33(21-23)42(32-15-10-12-24-16-18-26(24)32)37-34(27-13-11-14-29(36(27)43-37)39(5,6)7)41(35)31-22-25(38(2,3)4)17-19-28(31)40(30,8)9/h10-15,17,19-22H,16,18H2,1-9H3. The first kappa shape index (κ1) is 26.9. The summed E-state index contributed by atoms with van der Waals surface area (Å²) in [6, 6.07) is 25.8. The summed E-state index contributed by atoms with van der Waals surface area (Å²) in [6.45, 7) is 21.1. The van der Waals surface area contributed by atoms with Gasteiger partial charge in [0.05, 0.1) is 5.69 Å². The molecule has 0 unspecified atom stereocenters. The second kappa shape index (κ2) is 8.47. The predicted molar refractivity (Wildman–Crippen MR) is 184 cm³/mol. The lowest BCUT2D eigenvalue weighted by Crippen LogP contribution is -2.64. The van der Waals surface area contributed by atoms with Crippen LogP contribution in [0.15, 0.2) is 71.1 Å². The molecule has 216 valence electrons. The van der Waals surface area contributed by atoms with Crippen LogP contribution in [0.2, 0.25) is 0 Å². The molecule has 0 atom stereocenters. The zero-order valence-electron chi connectivity index (χ0n) is 27.2. The van der Waals surface area contributed by atoms with E-state index >= 15 is 0 Å². The van der Waals surface area contributed by atoms with Crippen LogP contribution in [0.25, 0.3) is 11.0 Å². The summed E-state index contributed by atoms with van der Waals surface area (Å²) in [5.41, 5.74) is 17.4. The summed E-state index contributed by atoms with van der Waals surface area (Å²) in [5.74, 6) is 0.993. The van der Waals surface area contributed by atoms with Crippen LogP contribution in [0, 0.1) is 6.92 Å². The molecule has 4 aromatic carbocycles. The number of para-hydroxylation sites is 1. The van der Waals surface area contributed by atoms with Gasteiger partial charge in [0.2, 0.25) is 5.88 Å². The van der Waals surface area contributed by atoms with E-state index in [1.54, 1.807) is 0 Å². The minimum atomic E-state index is -0.126. The van der Waals surface area contributed by atoms with E-state index in [-0.39, 0.29) is 23.0 Å². The fourth-order valence-corrected chi connectivity index (χ4v) is 8.17. The quantitative estimate of drug-likeness (QED) is 0.187. The molecule has 3 heteroatoms. The van der Waals surface area contributed by atoms with Crippen molar-refractivity contribution in [3.8, 4) is 0 Å². The number of benzene rings is 4. The molecule has 0 N–H and O–H groups in total. The molecule has 3 aliphatic rings. The molecular weight excluding hydrogens is 521 g/mol. The molecule has 0 amide bonds. The smallest absolute Gasteiger partial charge is 0.252 e. The largest absolute Gasteiger partial charge is 0.440 e. The normalized spacial score (nSPS) is 16.4. The minimum absolute atomic E-state index is 0.0399. The van der Waals surface area contributed by atoms with E-state index in [9.17, 15) is 0 Å². The average Bonchev–Trinajstić information content (AvgIpc) is 3.29. The average molecular weight is 564 g/mol. The highest BCUT2D eigenvalue weighted by molar-refractivity contribution is 7.00. The van der Waals surface area contributed by atoms with Gasteiger partial charge in [-0.1, -0.05) is 115 Å². The van der Waals surface area contributed by atoms with Crippen LogP contribution in [0.1, 0.15) is 94.3 Å². The van der Waals surface area contributed by atoms with Gasteiger partial charge in [-0.2, -0.15) is 0 Å². The molecule has 8 rings (SSSR count). The summed E-state index contributed by atoms with van der Waals surface area (Å²) >= 11 is 0. The van der Waals surface area contributed by atoms with E-state index in [1.807, 2.05) is 0 Å². The van der Waals surface area contributed by atoms with Crippen LogP contribution in [0.4, 0.5) is 17.3 Å². The first-order valence-corrected chi connectivity index (χ1v) is 16.0. The molecule has 0 saturated heterocycles. The van der Waals surface area contributed by atoms with Crippen molar-refractivity contribution in [2.75, 3.05) is 4.90 Å². The van der Waals surface area contributed by atoms with Crippen molar-refractivity contribution in [2.24, 2.45) is 0 Å². The van der Waals surface area contributed by atoms with Crippen molar-refractivity contribution < 1.29 is 4.42 Å². The van der Waals surface area contributed by atoms with Crippen LogP contribution in [0.5, 0.6) is 0 Å². The lowest BCUT2D eigenvalue weighted by molar-refractivity contribution is 0.561. The van der Waals surface area contributed by atoms with Gasteiger partial charge < -0.3 is 4.42 Å². The summed E-state index contributed by atoms with van der Waals surface area (Å²) in [4.78, 5) is 2.50. The molecule has 5 aromatic rings. The van der Waals surface area contributed by atoms with Crippen LogP contribution in [0.3, 0.4) is 0 Å². The maximum Gasteiger partial charge on any atom is 0.252 e. The third kappa shape index (κ3) is 3.60. The molecular formula is C40H42BNO. The van der Waals surface area contributed by atoms with Gasteiger partial charge in [0, 0.05) is 27.5 Å². The zero-order valence-corrected chi connectivity index (χ0v) is 27.2. The number of hydrogen-bond acceptors (Lipinski definition) is 2. The highest BCUT2D eigenvalue weighted by atomic mass is 16.4. The Bertz CT molecular complexity index is 1990.